The van der Waals surface area contributed by atoms with E-state index in [1.165, 1.54) is 24.3 Å². The van der Waals surface area contributed by atoms with Crippen LogP contribution in [0, 0.1) is 5.82 Å². The molecule has 2 aromatic carbocycles. The number of halogens is 1. The van der Waals surface area contributed by atoms with E-state index in [0.717, 1.165) is 5.56 Å². The van der Waals surface area contributed by atoms with Crippen LogP contribution in [0.5, 0.6) is 11.5 Å². The average molecular weight is 303 g/mol. The Balaban J connectivity index is 2.03. The number of benzene rings is 2. The average Bonchev–Trinajstić information content (AvgIpc) is 2.54. The summed E-state index contributed by atoms with van der Waals surface area (Å²) in [6.07, 6.45) is 0. The Morgan fingerprint density at radius 2 is 1.86 bits per heavy atom. The van der Waals surface area contributed by atoms with Gasteiger partial charge in [-0.15, -0.1) is 0 Å². The van der Waals surface area contributed by atoms with Crippen LogP contribution in [0.15, 0.2) is 42.5 Å². The van der Waals surface area contributed by atoms with E-state index in [2.05, 4.69) is 5.32 Å². The predicted molar refractivity (Wildman–Crippen MR) is 81.7 cm³/mol. The highest BCUT2D eigenvalue weighted by atomic mass is 19.1. The van der Waals surface area contributed by atoms with Crippen LogP contribution < -0.4 is 14.8 Å². The molecule has 0 aliphatic rings. The van der Waals surface area contributed by atoms with Gasteiger partial charge in [0.2, 0.25) is 0 Å². The molecular weight excluding hydrogens is 285 g/mol. The molecule has 4 nitrogen and oxygen atoms in total. The fraction of sp³-hybridized carbons (Fsp3) is 0.235. The van der Waals surface area contributed by atoms with Gasteiger partial charge in [0.1, 0.15) is 5.82 Å². The third-order valence-corrected chi connectivity index (χ3v) is 3.09. The monoisotopic (exact) mass is 303 g/mol. The smallest absolute Gasteiger partial charge is 0.251 e. The second kappa shape index (κ2) is 7.45. The van der Waals surface area contributed by atoms with Gasteiger partial charge in [-0.3, -0.25) is 4.79 Å². The number of hydrogen-bond donors (Lipinski definition) is 1. The third-order valence-electron chi connectivity index (χ3n) is 3.09. The number of ether oxygens (including phenoxy) is 2. The molecule has 2 rings (SSSR count). The summed E-state index contributed by atoms with van der Waals surface area (Å²) in [5.41, 5.74) is 1.31. The van der Waals surface area contributed by atoms with Crippen molar-refractivity contribution in [3.05, 3.63) is 59.4 Å². The van der Waals surface area contributed by atoms with Gasteiger partial charge in [0.05, 0.1) is 13.7 Å². The van der Waals surface area contributed by atoms with Gasteiger partial charge in [0.15, 0.2) is 11.5 Å². The van der Waals surface area contributed by atoms with Gasteiger partial charge < -0.3 is 14.8 Å². The molecule has 0 fully saturated rings. The Bertz CT molecular complexity index is 641. The van der Waals surface area contributed by atoms with E-state index in [0.29, 0.717) is 30.2 Å². The van der Waals surface area contributed by atoms with Crippen LogP contribution in [0.3, 0.4) is 0 Å². The van der Waals surface area contributed by atoms with E-state index < -0.39 is 0 Å². The van der Waals surface area contributed by atoms with E-state index in [-0.39, 0.29) is 11.7 Å². The van der Waals surface area contributed by atoms with Gasteiger partial charge in [-0.05, 0) is 48.9 Å². The van der Waals surface area contributed by atoms with Crippen LogP contribution in [0.2, 0.25) is 0 Å². The lowest BCUT2D eigenvalue weighted by Crippen LogP contribution is -2.22. The van der Waals surface area contributed by atoms with E-state index in [9.17, 15) is 9.18 Å². The zero-order valence-corrected chi connectivity index (χ0v) is 12.6. The summed E-state index contributed by atoms with van der Waals surface area (Å²) < 4.78 is 23.5. The highest BCUT2D eigenvalue weighted by Gasteiger charge is 2.08. The Morgan fingerprint density at radius 3 is 2.50 bits per heavy atom. The van der Waals surface area contributed by atoms with Crippen LogP contribution >= 0.6 is 0 Å². The number of carbonyl (C=O) groups is 1. The number of methoxy groups -OCH3 is 1. The van der Waals surface area contributed by atoms with Gasteiger partial charge in [0.25, 0.3) is 5.91 Å². The van der Waals surface area contributed by atoms with Crippen molar-refractivity contribution in [2.75, 3.05) is 13.7 Å². The number of carbonyl (C=O) groups excluding carboxylic acids is 1. The van der Waals surface area contributed by atoms with Gasteiger partial charge in [-0.2, -0.15) is 0 Å². The first-order valence-corrected chi connectivity index (χ1v) is 6.97. The summed E-state index contributed by atoms with van der Waals surface area (Å²) in [6.45, 7) is 2.77. The van der Waals surface area contributed by atoms with Gasteiger partial charge >= 0.3 is 0 Å². The van der Waals surface area contributed by atoms with E-state index in [1.807, 2.05) is 19.1 Å². The molecule has 0 unspecified atom stereocenters. The highest BCUT2D eigenvalue weighted by Crippen LogP contribution is 2.27. The fourth-order valence-corrected chi connectivity index (χ4v) is 1.99. The Labute approximate surface area is 128 Å². The summed E-state index contributed by atoms with van der Waals surface area (Å²) in [5.74, 6) is 0.663. The van der Waals surface area contributed by atoms with Crippen molar-refractivity contribution in [2.45, 2.75) is 13.5 Å². The molecule has 2 aromatic rings. The molecule has 0 aromatic heterocycles. The lowest BCUT2D eigenvalue weighted by molar-refractivity contribution is 0.0951. The molecule has 0 bridgehead atoms. The van der Waals surface area contributed by atoms with E-state index in [1.54, 1.807) is 13.2 Å². The van der Waals surface area contributed by atoms with Gasteiger partial charge in [-0.25, -0.2) is 4.39 Å². The van der Waals surface area contributed by atoms with Crippen LogP contribution in [-0.4, -0.2) is 19.6 Å². The second-order valence-corrected chi connectivity index (χ2v) is 4.61. The molecule has 0 radical (unpaired) electrons. The van der Waals surface area contributed by atoms with Crippen LogP contribution in [0.1, 0.15) is 22.8 Å². The standard InChI is InChI=1S/C17H18FNO3/c1-3-22-16-10-12(4-9-15(16)21-2)11-19-17(20)13-5-7-14(18)8-6-13/h4-10H,3,11H2,1-2H3,(H,19,20). The molecule has 1 amide bonds. The minimum Gasteiger partial charge on any atom is -0.493 e. The maximum Gasteiger partial charge on any atom is 0.251 e. The number of hydrogen-bond acceptors (Lipinski definition) is 3. The van der Waals surface area contributed by atoms with Gasteiger partial charge in [-0.1, -0.05) is 6.07 Å². The quantitative estimate of drug-likeness (QED) is 0.891. The molecule has 0 spiro atoms. The largest absolute Gasteiger partial charge is 0.493 e. The predicted octanol–water partition coefficient (Wildman–Crippen LogP) is 3.16. The molecule has 1 N–H and O–H groups in total. The Morgan fingerprint density at radius 1 is 1.14 bits per heavy atom. The van der Waals surface area contributed by atoms with Crippen molar-refractivity contribution in [2.24, 2.45) is 0 Å². The molecular formula is C17H18FNO3. The molecule has 0 heterocycles. The molecule has 0 saturated carbocycles. The fourth-order valence-electron chi connectivity index (χ4n) is 1.99. The Kier molecular flexibility index (Phi) is 5.36. The maximum absolute atomic E-state index is 12.8. The first-order chi connectivity index (χ1) is 10.6. The maximum atomic E-state index is 12.8. The first-order valence-electron chi connectivity index (χ1n) is 6.97. The lowest BCUT2D eigenvalue weighted by atomic mass is 10.1. The summed E-state index contributed by atoms with van der Waals surface area (Å²) in [5, 5.41) is 2.78. The molecule has 22 heavy (non-hydrogen) atoms. The van der Waals surface area contributed by atoms with Gasteiger partial charge in [0, 0.05) is 12.1 Å². The molecule has 0 aliphatic heterocycles. The van der Waals surface area contributed by atoms with E-state index in [4.69, 9.17) is 9.47 Å². The van der Waals surface area contributed by atoms with Crippen LogP contribution in [-0.2, 0) is 6.54 Å². The minimum absolute atomic E-state index is 0.256. The van der Waals surface area contributed by atoms with Crippen molar-refractivity contribution < 1.29 is 18.7 Å². The molecule has 0 saturated heterocycles. The van der Waals surface area contributed by atoms with Crippen molar-refractivity contribution >= 4 is 5.91 Å². The third kappa shape index (κ3) is 3.97. The normalized spacial score (nSPS) is 10.1. The zero-order valence-electron chi connectivity index (χ0n) is 12.6. The zero-order chi connectivity index (χ0) is 15.9. The number of amides is 1. The SMILES string of the molecule is CCOc1cc(CNC(=O)c2ccc(F)cc2)ccc1OC. The minimum atomic E-state index is -0.368. The van der Waals surface area contributed by atoms with Crippen molar-refractivity contribution in [1.29, 1.82) is 0 Å². The van der Waals surface area contributed by atoms with Crippen molar-refractivity contribution in [3.8, 4) is 11.5 Å². The topological polar surface area (TPSA) is 47.6 Å². The Hall–Kier alpha value is -2.56. The summed E-state index contributed by atoms with van der Waals surface area (Å²) in [4.78, 5) is 12.0. The first kappa shape index (κ1) is 15.8. The van der Waals surface area contributed by atoms with Crippen molar-refractivity contribution in [1.82, 2.24) is 5.32 Å². The molecule has 5 heteroatoms. The molecule has 116 valence electrons. The van der Waals surface area contributed by atoms with Crippen LogP contribution in [0.4, 0.5) is 4.39 Å². The molecule has 0 atom stereocenters. The highest BCUT2D eigenvalue weighted by molar-refractivity contribution is 5.94. The van der Waals surface area contributed by atoms with Crippen molar-refractivity contribution in [3.63, 3.8) is 0 Å². The lowest BCUT2D eigenvalue weighted by Gasteiger charge is -2.11. The van der Waals surface area contributed by atoms with E-state index >= 15 is 0 Å². The number of nitrogens with one attached hydrogen (secondary N) is 1. The second-order valence-electron chi connectivity index (χ2n) is 4.61. The summed E-state index contributed by atoms with van der Waals surface area (Å²) in [6, 6.07) is 10.9. The molecule has 0 aliphatic carbocycles. The van der Waals surface area contributed by atoms with Crippen LogP contribution in [0.25, 0.3) is 0 Å². The summed E-state index contributed by atoms with van der Waals surface area (Å²) >= 11 is 0. The summed E-state index contributed by atoms with van der Waals surface area (Å²) in [7, 11) is 1.58. The number of rotatable bonds is 6.